The Bertz CT molecular complexity index is 1530. The molecular weight excluding hydrogens is 478 g/mol. The highest BCUT2D eigenvalue weighted by atomic mass is 32.1. The molecule has 0 spiro atoms. The highest BCUT2D eigenvalue weighted by Crippen LogP contribution is 2.36. The highest BCUT2D eigenvalue weighted by Gasteiger charge is 2.33. The first-order chi connectivity index (χ1) is 17.3. The molecular formula is C27H29N3O5S. The average molecular weight is 508 g/mol. The van der Waals surface area contributed by atoms with Crippen molar-refractivity contribution in [3.8, 4) is 11.5 Å². The fourth-order valence-corrected chi connectivity index (χ4v) is 5.08. The third kappa shape index (κ3) is 4.66. The van der Waals surface area contributed by atoms with Gasteiger partial charge < -0.3 is 19.5 Å². The molecule has 0 bridgehead atoms. The first-order valence-corrected chi connectivity index (χ1v) is 12.3. The number of thiazole rings is 1. The number of benzene rings is 2. The lowest BCUT2D eigenvalue weighted by molar-refractivity contribution is -0.139. The van der Waals surface area contributed by atoms with E-state index in [0.717, 1.165) is 11.3 Å². The van der Waals surface area contributed by atoms with E-state index < -0.39 is 12.0 Å². The molecule has 1 N–H and O–H groups in total. The second kappa shape index (κ2) is 10.4. The molecule has 188 valence electrons. The normalized spacial score (nSPS) is 15.3. The molecule has 1 aromatic heterocycles. The number of aromatic nitrogens is 1. The molecule has 3 aromatic rings. The maximum absolute atomic E-state index is 13.7. The molecule has 0 saturated heterocycles. The number of ether oxygens (including phenoxy) is 3. The lowest BCUT2D eigenvalue weighted by Crippen LogP contribution is -2.40. The van der Waals surface area contributed by atoms with Crippen LogP contribution in [0, 0.1) is 13.8 Å². The number of nitrogens with zero attached hydrogens (tertiary/aromatic N) is 2. The fraction of sp³-hybridized carbons (Fsp3) is 0.296. The van der Waals surface area contributed by atoms with Gasteiger partial charge in [0.1, 0.15) is 4.53 Å². The number of anilines is 1. The number of carbonyl (C=O) groups is 1. The Morgan fingerprint density at radius 1 is 1.08 bits per heavy atom. The van der Waals surface area contributed by atoms with Crippen LogP contribution in [0.2, 0.25) is 0 Å². The zero-order valence-electron chi connectivity index (χ0n) is 21.2. The molecule has 2 heterocycles. The largest absolute Gasteiger partial charge is 0.493 e. The molecule has 36 heavy (non-hydrogen) atoms. The molecule has 0 aliphatic carbocycles. The summed E-state index contributed by atoms with van der Waals surface area (Å²) in [5, 5.41) is 3.22. The number of methoxy groups -OCH3 is 2. The number of hydrogen-bond donors (Lipinski definition) is 1. The number of esters is 1. The van der Waals surface area contributed by atoms with Gasteiger partial charge >= 0.3 is 5.97 Å². The maximum atomic E-state index is 13.7. The van der Waals surface area contributed by atoms with Crippen LogP contribution in [0.5, 0.6) is 11.5 Å². The summed E-state index contributed by atoms with van der Waals surface area (Å²) in [5.74, 6) is 0.525. The van der Waals surface area contributed by atoms with E-state index >= 15 is 0 Å². The number of fused-ring (bicyclic) bond motifs is 1. The highest BCUT2D eigenvalue weighted by molar-refractivity contribution is 7.07. The first-order valence-electron chi connectivity index (χ1n) is 11.5. The Balaban J connectivity index is 1.88. The summed E-state index contributed by atoms with van der Waals surface area (Å²) >= 11 is 1.26. The van der Waals surface area contributed by atoms with Crippen molar-refractivity contribution < 1.29 is 19.0 Å². The molecule has 0 unspecified atom stereocenters. The molecule has 0 radical (unpaired) electrons. The van der Waals surface area contributed by atoms with Gasteiger partial charge in [-0.05, 0) is 68.7 Å². The van der Waals surface area contributed by atoms with Crippen LogP contribution in [0.1, 0.15) is 36.6 Å². The van der Waals surface area contributed by atoms with Crippen molar-refractivity contribution in [1.82, 2.24) is 4.57 Å². The number of aryl methyl sites for hydroxylation is 2. The second-order valence-electron chi connectivity index (χ2n) is 8.36. The van der Waals surface area contributed by atoms with Crippen LogP contribution in [0.4, 0.5) is 5.69 Å². The first kappa shape index (κ1) is 25.2. The van der Waals surface area contributed by atoms with E-state index in [1.54, 1.807) is 51.0 Å². The average Bonchev–Trinajstić information content (AvgIpc) is 3.18. The Morgan fingerprint density at radius 2 is 1.83 bits per heavy atom. The number of allylic oxidation sites excluding steroid dienone is 1. The monoisotopic (exact) mass is 507 g/mol. The van der Waals surface area contributed by atoms with Crippen molar-refractivity contribution in [1.29, 1.82) is 0 Å². The van der Waals surface area contributed by atoms with Crippen LogP contribution in [0.15, 0.2) is 57.5 Å². The van der Waals surface area contributed by atoms with Gasteiger partial charge in [0, 0.05) is 11.9 Å². The van der Waals surface area contributed by atoms with Crippen molar-refractivity contribution in [3.05, 3.63) is 84.0 Å². The van der Waals surface area contributed by atoms with Gasteiger partial charge in [-0.25, -0.2) is 9.79 Å². The zero-order valence-corrected chi connectivity index (χ0v) is 22.0. The van der Waals surface area contributed by atoms with Crippen molar-refractivity contribution in [2.24, 2.45) is 4.99 Å². The van der Waals surface area contributed by atoms with Crippen molar-refractivity contribution in [3.63, 3.8) is 0 Å². The molecule has 2 aromatic carbocycles. The predicted molar refractivity (Wildman–Crippen MR) is 140 cm³/mol. The Morgan fingerprint density at radius 3 is 2.50 bits per heavy atom. The summed E-state index contributed by atoms with van der Waals surface area (Å²) in [4.78, 5) is 31.8. The van der Waals surface area contributed by atoms with Gasteiger partial charge in [-0.15, -0.1) is 0 Å². The van der Waals surface area contributed by atoms with E-state index in [1.807, 2.05) is 31.2 Å². The summed E-state index contributed by atoms with van der Waals surface area (Å²) in [6, 6.07) is 10.6. The SMILES string of the molecule is CCOC(=O)C1=C(C)N=c2s/c(=C\Nc3ccc(C)c(C)c3)c(=O)n2[C@H]1c1ccc(OC)c(OC)c1. The molecule has 1 atom stereocenters. The standard InChI is InChI=1S/C27H29N3O5S/c1-7-35-26(32)23-17(4)29-27-30(24(23)18-9-11-20(33-5)21(13-18)34-6)25(31)22(36-27)14-28-19-10-8-15(2)16(3)12-19/h8-14,24,28H,7H2,1-6H3/b22-14-/t24-/m0/s1. The number of carbonyl (C=O) groups excluding carboxylic acids is 1. The van der Waals surface area contributed by atoms with E-state index in [9.17, 15) is 9.59 Å². The fourth-order valence-electron chi connectivity index (χ4n) is 4.11. The summed E-state index contributed by atoms with van der Waals surface area (Å²) < 4.78 is 18.2. The van der Waals surface area contributed by atoms with Crippen LogP contribution in [0.25, 0.3) is 6.20 Å². The predicted octanol–water partition coefficient (Wildman–Crippen LogP) is 3.45. The van der Waals surface area contributed by atoms with Gasteiger partial charge in [-0.2, -0.15) is 0 Å². The lowest BCUT2D eigenvalue weighted by Gasteiger charge is -2.25. The minimum atomic E-state index is -0.733. The van der Waals surface area contributed by atoms with Gasteiger partial charge in [0.05, 0.1) is 38.1 Å². The van der Waals surface area contributed by atoms with Crippen LogP contribution in [-0.2, 0) is 9.53 Å². The molecule has 0 fully saturated rings. The van der Waals surface area contributed by atoms with Crippen molar-refractivity contribution in [2.45, 2.75) is 33.7 Å². The number of hydrogen-bond acceptors (Lipinski definition) is 8. The van der Waals surface area contributed by atoms with Crippen LogP contribution in [-0.4, -0.2) is 31.4 Å². The summed E-state index contributed by atoms with van der Waals surface area (Å²) in [6.45, 7) is 7.79. The van der Waals surface area contributed by atoms with E-state index in [-0.39, 0.29) is 12.2 Å². The molecule has 1 aliphatic heterocycles. The van der Waals surface area contributed by atoms with Crippen LogP contribution < -0.4 is 29.7 Å². The zero-order chi connectivity index (χ0) is 26.0. The second-order valence-corrected chi connectivity index (χ2v) is 9.37. The van der Waals surface area contributed by atoms with E-state index in [2.05, 4.69) is 17.2 Å². The van der Waals surface area contributed by atoms with Crippen molar-refractivity contribution in [2.75, 3.05) is 26.1 Å². The Labute approximate surface area is 213 Å². The Kier molecular flexibility index (Phi) is 7.30. The number of rotatable bonds is 7. The van der Waals surface area contributed by atoms with Crippen molar-refractivity contribution >= 4 is 29.2 Å². The summed E-state index contributed by atoms with van der Waals surface area (Å²) in [6.07, 6.45) is 1.68. The topological polar surface area (TPSA) is 91.2 Å². The minimum Gasteiger partial charge on any atom is -0.493 e. The molecule has 9 heteroatoms. The third-order valence-corrected chi connectivity index (χ3v) is 7.10. The van der Waals surface area contributed by atoms with Crippen LogP contribution in [0.3, 0.4) is 0 Å². The maximum Gasteiger partial charge on any atom is 0.338 e. The van der Waals surface area contributed by atoms with Crippen LogP contribution >= 0.6 is 11.3 Å². The molecule has 8 nitrogen and oxygen atoms in total. The van der Waals surface area contributed by atoms with E-state index in [0.29, 0.717) is 37.7 Å². The lowest BCUT2D eigenvalue weighted by atomic mass is 9.95. The van der Waals surface area contributed by atoms with Gasteiger partial charge in [0.2, 0.25) is 0 Å². The number of nitrogens with one attached hydrogen (secondary N) is 1. The quantitative estimate of drug-likeness (QED) is 0.493. The Hall–Kier alpha value is -3.85. The van der Waals surface area contributed by atoms with E-state index in [1.165, 1.54) is 16.9 Å². The molecule has 0 saturated carbocycles. The smallest absolute Gasteiger partial charge is 0.338 e. The summed E-state index contributed by atoms with van der Waals surface area (Å²) in [5.41, 5.74) is 4.45. The van der Waals surface area contributed by atoms with Gasteiger partial charge in [0.15, 0.2) is 16.3 Å². The summed E-state index contributed by atoms with van der Waals surface area (Å²) in [7, 11) is 3.09. The molecule has 0 amide bonds. The third-order valence-electron chi connectivity index (χ3n) is 6.12. The minimum absolute atomic E-state index is 0.207. The molecule has 1 aliphatic rings. The van der Waals surface area contributed by atoms with Gasteiger partial charge in [0.25, 0.3) is 5.56 Å². The molecule has 4 rings (SSSR count). The van der Waals surface area contributed by atoms with Gasteiger partial charge in [-0.3, -0.25) is 9.36 Å². The van der Waals surface area contributed by atoms with E-state index in [4.69, 9.17) is 14.2 Å². The van der Waals surface area contributed by atoms with Gasteiger partial charge in [-0.1, -0.05) is 23.5 Å².